The van der Waals surface area contributed by atoms with Crippen LogP contribution in [0, 0.1) is 13.8 Å². The summed E-state index contributed by atoms with van der Waals surface area (Å²) in [6, 6.07) is 7.97. The minimum Gasteiger partial charge on any atom is -0.491 e. The fraction of sp³-hybridized carbons (Fsp3) is 0.462. The highest BCUT2D eigenvalue weighted by atomic mass is 16.5. The van der Waals surface area contributed by atoms with Crippen molar-refractivity contribution in [3.63, 3.8) is 0 Å². The van der Waals surface area contributed by atoms with Gasteiger partial charge in [-0.15, -0.1) is 0 Å². The van der Waals surface area contributed by atoms with Gasteiger partial charge < -0.3 is 14.2 Å². The van der Waals surface area contributed by atoms with Crippen LogP contribution in [0.1, 0.15) is 5.56 Å². The van der Waals surface area contributed by atoms with Crippen LogP contribution in [0.2, 0.25) is 0 Å². The van der Waals surface area contributed by atoms with Gasteiger partial charge in [0.05, 0.1) is 19.8 Å². The van der Waals surface area contributed by atoms with Crippen molar-refractivity contribution in [3.8, 4) is 5.75 Å². The zero-order valence-electron chi connectivity index (χ0n) is 9.78. The molecule has 3 heteroatoms. The monoisotopic (exact) mass is 223 g/mol. The van der Waals surface area contributed by atoms with Crippen molar-refractivity contribution in [2.45, 2.75) is 6.92 Å². The second-order valence-electron chi connectivity index (χ2n) is 3.39. The Labute approximate surface area is 97.3 Å². The van der Waals surface area contributed by atoms with Crippen LogP contribution in [0.4, 0.5) is 0 Å². The number of hydrogen-bond acceptors (Lipinski definition) is 3. The van der Waals surface area contributed by atoms with Gasteiger partial charge in [0.2, 0.25) is 0 Å². The number of benzene rings is 1. The summed E-state index contributed by atoms with van der Waals surface area (Å²) in [6.07, 6.45) is 0. The van der Waals surface area contributed by atoms with Crippen molar-refractivity contribution in [2.24, 2.45) is 0 Å². The van der Waals surface area contributed by atoms with Gasteiger partial charge in [-0.1, -0.05) is 17.7 Å². The first-order valence-corrected chi connectivity index (χ1v) is 5.47. The van der Waals surface area contributed by atoms with Crippen LogP contribution in [-0.4, -0.2) is 33.0 Å². The minimum absolute atomic E-state index is 0.489. The van der Waals surface area contributed by atoms with Gasteiger partial charge in [0, 0.05) is 6.61 Å². The molecule has 0 saturated carbocycles. The standard InChI is InChI=1S/C13H19O3/c1-3-14-8-9-15-10-11-16-13-6-4-12(2)5-7-13/h4-7H,1,3,8-11H2,2H3. The molecule has 0 saturated heterocycles. The van der Waals surface area contributed by atoms with E-state index in [4.69, 9.17) is 14.2 Å². The molecule has 89 valence electrons. The summed E-state index contributed by atoms with van der Waals surface area (Å²) < 4.78 is 15.8. The molecule has 0 atom stereocenters. The molecule has 0 bridgehead atoms. The SMILES string of the molecule is [CH2]COCCOCCOc1ccc(C)cc1. The molecule has 0 N–H and O–H groups in total. The molecule has 0 aliphatic rings. The smallest absolute Gasteiger partial charge is 0.119 e. The van der Waals surface area contributed by atoms with Gasteiger partial charge in [-0.2, -0.15) is 0 Å². The minimum atomic E-state index is 0.489. The highest BCUT2D eigenvalue weighted by Crippen LogP contribution is 2.10. The van der Waals surface area contributed by atoms with Crippen LogP contribution >= 0.6 is 0 Å². The molecule has 1 aromatic carbocycles. The van der Waals surface area contributed by atoms with Gasteiger partial charge in [-0.05, 0) is 26.0 Å². The number of ether oxygens (including phenoxy) is 3. The summed E-state index contributed by atoms with van der Waals surface area (Å²) in [7, 11) is 0. The van der Waals surface area contributed by atoms with Crippen molar-refractivity contribution < 1.29 is 14.2 Å². The predicted octanol–water partition coefficient (Wildman–Crippen LogP) is 2.24. The van der Waals surface area contributed by atoms with Gasteiger partial charge in [-0.3, -0.25) is 0 Å². The average Bonchev–Trinajstić information content (AvgIpc) is 2.30. The summed E-state index contributed by atoms with van der Waals surface area (Å²) >= 11 is 0. The molecule has 0 aliphatic carbocycles. The quantitative estimate of drug-likeness (QED) is 0.633. The van der Waals surface area contributed by atoms with Gasteiger partial charge in [0.15, 0.2) is 0 Å². The topological polar surface area (TPSA) is 27.7 Å². The number of aryl methyl sites for hydroxylation is 1. The van der Waals surface area contributed by atoms with Crippen LogP contribution in [-0.2, 0) is 9.47 Å². The van der Waals surface area contributed by atoms with Crippen molar-refractivity contribution in [3.05, 3.63) is 36.8 Å². The maximum atomic E-state index is 5.49. The summed E-state index contributed by atoms with van der Waals surface area (Å²) in [4.78, 5) is 0. The molecule has 0 aromatic heterocycles. The van der Waals surface area contributed by atoms with E-state index in [1.54, 1.807) is 0 Å². The predicted molar refractivity (Wildman–Crippen MR) is 63.7 cm³/mol. The third-order valence-corrected chi connectivity index (χ3v) is 2.03. The molecule has 1 rings (SSSR count). The Bertz CT molecular complexity index is 269. The number of hydrogen-bond donors (Lipinski definition) is 0. The largest absolute Gasteiger partial charge is 0.491 e. The maximum Gasteiger partial charge on any atom is 0.119 e. The van der Waals surface area contributed by atoms with Crippen LogP contribution in [0.15, 0.2) is 24.3 Å². The molecule has 0 spiro atoms. The average molecular weight is 223 g/mol. The Balaban J connectivity index is 2.01. The van der Waals surface area contributed by atoms with Crippen molar-refractivity contribution in [1.29, 1.82) is 0 Å². The summed E-state index contributed by atoms with van der Waals surface area (Å²) in [5, 5.41) is 0. The van der Waals surface area contributed by atoms with E-state index in [1.807, 2.05) is 24.3 Å². The van der Waals surface area contributed by atoms with Gasteiger partial charge >= 0.3 is 0 Å². The Morgan fingerprint density at radius 3 is 2.25 bits per heavy atom. The lowest BCUT2D eigenvalue weighted by atomic mass is 10.2. The molecule has 16 heavy (non-hydrogen) atoms. The summed E-state index contributed by atoms with van der Waals surface area (Å²) in [5.41, 5.74) is 1.23. The molecule has 0 amide bonds. The van der Waals surface area contributed by atoms with E-state index in [2.05, 4.69) is 13.8 Å². The van der Waals surface area contributed by atoms with Gasteiger partial charge in [-0.25, -0.2) is 0 Å². The van der Waals surface area contributed by atoms with Crippen molar-refractivity contribution >= 4 is 0 Å². The first-order valence-electron chi connectivity index (χ1n) is 5.47. The van der Waals surface area contributed by atoms with Crippen LogP contribution in [0.25, 0.3) is 0 Å². The molecule has 1 radical (unpaired) electrons. The Hall–Kier alpha value is -1.06. The van der Waals surface area contributed by atoms with Crippen molar-refractivity contribution in [2.75, 3.05) is 33.0 Å². The fourth-order valence-corrected chi connectivity index (χ4v) is 1.17. The third-order valence-electron chi connectivity index (χ3n) is 2.03. The molecule has 0 unspecified atom stereocenters. The molecule has 1 aromatic rings. The lowest BCUT2D eigenvalue weighted by molar-refractivity contribution is 0.0445. The third kappa shape index (κ3) is 5.73. The lowest BCUT2D eigenvalue weighted by Crippen LogP contribution is -2.10. The summed E-state index contributed by atoms with van der Waals surface area (Å²) in [6.45, 7) is 8.43. The normalized spacial score (nSPS) is 10.4. The van der Waals surface area contributed by atoms with E-state index in [0.29, 0.717) is 33.0 Å². The van der Waals surface area contributed by atoms with Gasteiger partial charge in [0.1, 0.15) is 12.4 Å². The Morgan fingerprint density at radius 1 is 0.938 bits per heavy atom. The summed E-state index contributed by atoms with van der Waals surface area (Å²) in [5.74, 6) is 0.878. The second kappa shape index (κ2) is 8.13. The molecular formula is C13H19O3. The highest BCUT2D eigenvalue weighted by Gasteiger charge is 1.93. The van der Waals surface area contributed by atoms with E-state index in [-0.39, 0.29) is 0 Å². The second-order valence-corrected chi connectivity index (χ2v) is 3.39. The van der Waals surface area contributed by atoms with E-state index in [0.717, 1.165) is 5.75 Å². The Morgan fingerprint density at radius 2 is 1.56 bits per heavy atom. The highest BCUT2D eigenvalue weighted by molar-refractivity contribution is 5.26. The first-order chi connectivity index (χ1) is 7.83. The van der Waals surface area contributed by atoms with E-state index >= 15 is 0 Å². The van der Waals surface area contributed by atoms with E-state index < -0.39 is 0 Å². The zero-order valence-corrected chi connectivity index (χ0v) is 9.78. The molecule has 0 aliphatic heterocycles. The van der Waals surface area contributed by atoms with Gasteiger partial charge in [0.25, 0.3) is 0 Å². The molecule has 0 fully saturated rings. The number of rotatable bonds is 8. The molecular weight excluding hydrogens is 204 g/mol. The van der Waals surface area contributed by atoms with Crippen LogP contribution < -0.4 is 4.74 Å². The first kappa shape index (κ1) is 13.0. The van der Waals surface area contributed by atoms with Crippen LogP contribution in [0.3, 0.4) is 0 Å². The van der Waals surface area contributed by atoms with E-state index in [9.17, 15) is 0 Å². The Kier molecular flexibility index (Phi) is 6.61. The molecule has 0 heterocycles. The van der Waals surface area contributed by atoms with Crippen LogP contribution in [0.5, 0.6) is 5.75 Å². The maximum absolute atomic E-state index is 5.49. The molecule has 3 nitrogen and oxygen atoms in total. The van der Waals surface area contributed by atoms with Crippen molar-refractivity contribution in [1.82, 2.24) is 0 Å². The lowest BCUT2D eigenvalue weighted by Gasteiger charge is -2.07. The zero-order chi connectivity index (χ0) is 11.6. The fourth-order valence-electron chi connectivity index (χ4n) is 1.17. The van der Waals surface area contributed by atoms with E-state index in [1.165, 1.54) is 5.56 Å².